The van der Waals surface area contributed by atoms with E-state index >= 15 is 0 Å². The lowest BCUT2D eigenvalue weighted by Gasteiger charge is -2.29. The minimum absolute atomic E-state index is 0.479. The summed E-state index contributed by atoms with van der Waals surface area (Å²) in [5.41, 5.74) is 10.8. The van der Waals surface area contributed by atoms with Crippen molar-refractivity contribution in [3.05, 3.63) is 65.2 Å². The second-order valence-electron chi connectivity index (χ2n) is 6.55. The molecule has 136 valence electrons. The lowest BCUT2D eigenvalue weighted by Crippen LogP contribution is -2.29. The molecule has 5 heteroatoms. The van der Waals surface area contributed by atoms with Crippen LogP contribution in [-0.4, -0.2) is 24.5 Å². The van der Waals surface area contributed by atoms with Crippen molar-refractivity contribution in [3.63, 3.8) is 0 Å². The summed E-state index contributed by atoms with van der Waals surface area (Å²) in [6.45, 7) is 4.44. The molecule has 3 rings (SSSR count). The van der Waals surface area contributed by atoms with Crippen LogP contribution in [-0.2, 0) is 5.75 Å². The summed E-state index contributed by atoms with van der Waals surface area (Å²) >= 11 is 1.50. The number of benzene rings is 2. The van der Waals surface area contributed by atoms with Gasteiger partial charge in [0, 0.05) is 24.5 Å². The molecular weight excluding hydrogens is 340 g/mol. The molecule has 2 aromatic carbocycles. The first kappa shape index (κ1) is 18.5. The summed E-state index contributed by atoms with van der Waals surface area (Å²) in [6, 6.07) is 16.8. The minimum atomic E-state index is 0.479. The fourth-order valence-corrected chi connectivity index (χ4v) is 3.67. The molecule has 0 aliphatic carbocycles. The second-order valence-corrected chi connectivity index (χ2v) is 7.54. The molecule has 0 unspecified atom stereocenters. The summed E-state index contributed by atoms with van der Waals surface area (Å²) in [6.07, 6.45) is 5.71. The van der Waals surface area contributed by atoms with Gasteiger partial charge in [0.1, 0.15) is 0 Å². The molecule has 0 atom stereocenters. The van der Waals surface area contributed by atoms with Crippen LogP contribution in [0.25, 0.3) is 0 Å². The van der Waals surface area contributed by atoms with E-state index in [0.717, 1.165) is 24.4 Å². The molecule has 0 amide bonds. The van der Waals surface area contributed by atoms with Crippen molar-refractivity contribution < 1.29 is 0 Å². The summed E-state index contributed by atoms with van der Waals surface area (Å²) in [5, 5.41) is 8.74. The molecule has 0 radical (unpaired) electrons. The first-order valence-electron chi connectivity index (χ1n) is 9.11. The van der Waals surface area contributed by atoms with Gasteiger partial charge in [-0.2, -0.15) is 5.10 Å². The number of nitrogens with two attached hydrogens (primary N) is 1. The van der Waals surface area contributed by atoms with Gasteiger partial charge in [0.15, 0.2) is 5.17 Å². The van der Waals surface area contributed by atoms with Gasteiger partial charge in [0.2, 0.25) is 0 Å². The number of amidine groups is 1. The third-order valence-electron chi connectivity index (χ3n) is 4.56. The Morgan fingerprint density at radius 3 is 2.62 bits per heavy atom. The van der Waals surface area contributed by atoms with E-state index in [2.05, 4.69) is 52.4 Å². The Morgan fingerprint density at radius 2 is 1.88 bits per heavy atom. The summed E-state index contributed by atoms with van der Waals surface area (Å²) in [4.78, 5) is 2.47. The predicted molar refractivity (Wildman–Crippen MR) is 114 cm³/mol. The fraction of sp³-hybridized carbons (Fsp3) is 0.333. The van der Waals surface area contributed by atoms with E-state index in [1.807, 2.05) is 18.2 Å². The number of hydrogen-bond acceptors (Lipinski definition) is 4. The van der Waals surface area contributed by atoms with E-state index in [1.165, 1.54) is 47.8 Å². The van der Waals surface area contributed by atoms with Gasteiger partial charge in [0.05, 0.1) is 6.21 Å². The Hall–Kier alpha value is -2.27. The first-order chi connectivity index (χ1) is 12.7. The number of rotatable bonds is 5. The van der Waals surface area contributed by atoms with Crippen molar-refractivity contribution in [1.29, 1.82) is 0 Å². The Morgan fingerprint density at radius 1 is 1.12 bits per heavy atom. The Labute approximate surface area is 160 Å². The van der Waals surface area contributed by atoms with E-state index in [9.17, 15) is 0 Å². The van der Waals surface area contributed by atoms with Gasteiger partial charge in [-0.1, -0.05) is 48.2 Å². The first-order valence-corrected chi connectivity index (χ1v) is 10.1. The lowest BCUT2D eigenvalue weighted by molar-refractivity contribution is 0.578. The smallest absolute Gasteiger partial charge is 0.180 e. The molecule has 0 bridgehead atoms. The van der Waals surface area contributed by atoms with Crippen LogP contribution < -0.4 is 10.6 Å². The Balaban J connectivity index is 1.57. The zero-order valence-electron chi connectivity index (χ0n) is 15.3. The molecule has 0 saturated carbocycles. The highest BCUT2D eigenvalue weighted by Crippen LogP contribution is 2.22. The average Bonchev–Trinajstić information content (AvgIpc) is 2.69. The molecule has 1 aliphatic rings. The highest BCUT2D eigenvalue weighted by molar-refractivity contribution is 8.13. The van der Waals surface area contributed by atoms with Crippen LogP contribution >= 0.6 is 11.8 Å². The van der Waals surface area contributed by atoms with Crippen molar-refractivity contribution in [2.45, 2.75) is 31.9 Å². The van der Waals surface area contributed by atoms with Gasteiger partial charge in [0.25, 0.3) is 0 Å². The molecule has 1 aliphatic heterocycles. The Bertz CT molecular complexity index is 765. The highest BCUT2D eigenvalue weighted by Gasteiger charge is 2.11. The van der Waals surface area contributed by atoms with E-state index < -0.39 is 0 Å². The zero-order valence-corrected chi connectivity index (χ0v) is 16.1. The van der Waals surface area contributed by atoms with Crippen LogP contribution in [0, 0.1) is 6.92 Å². The molecule has 1 fully saturated rings. The zero-order chi connectivity index (χ0) is 18.2. The fourth-order valence-electron chi connectivity index (χ4n) is 3.06. The van der Waals surface area contributed by atoms with Crippen molar-refractivity contribution in [3.8, 4) is 0 Å². The predicted octanol–water partition coefficient (Wildman–Crippen LogP) is 4.57. The summed E-state index contributed by atoms with van der Waals surface area (Å²) < 4.78 is 0. The quantitative estimate of drug-likeness (QED) is 0.479. The molecule has 0 spiro atoms. The normalized spacial score (nSPS) is 15.6. The monoisotopic (exact) mass is 366 g/mol. The van der Waals surface area contributed by atoms with Crippen LogP contribution in [0.2, 0.25) is 0 Å². The SMILES string of the molecule is Cc1cc(N2CCCCC2)ccc1C=NN=C(N)SCc1ccccc1. The highest BCUT2D eigenvalue weighted by atomic mass is 32.2. The van der Waals surface area contributed by atoms with Gasteiger partial charge in [-0.15, -0.1) is 5.10 Å². The van der Waals surface area contributed by atoms with Gasteiger partial charge < -0.3 is 10.6 Å². The third kappa shape index (κ3) is 5.36. The van der Waals surface area contributed by atoms with Crippen molar-refractivity contribution in [2.75, 3.05) is 18.0 Å². The van der Waals surface area contributed by atoms with E-state index in [0.29, 0.717) is 5.17 Å². The van der Waals surface area contributed by atoms with E-state index in [-0.39, 0.29) is 0 Å². The van der Waals surface area contributed by atoms with Gasteiger partial charge in [-0.25, -0.2) is 0 Å². The summed E-state index contributed by atoms with van der Waals surface area (Å²) in [5.74, 6) is 0.801. The van der Waals surface area contributed by atoms with Crippen LogP contribution in [0.4, 0.5) is 5.69 Å². The number of anilines is 1. The number of aryl methyl sites for hydroxylation is 1. The molecule has 1 saturated heterocycles. The average molecular weight is 367 g/mol. The maximum absolute atomic E-state index is 5.94. The number of piperidine rings is 1. The van der Waals surface area contributed by atoms with Gasteiger partial charge >= 0.3 is 0 Å². The van der Waals surface area contributed by atoms with Crippen molar-refractivity contribution in [2.24, 2.45) is 15.9 Å². The molecule has 1 heterocycles. The van der Waals surface area contributed by atoms with Gasteiger partial charge in [-0.3, -0.25) is 0 Å². The van der Waals surface area contributed by atoms with Crippen LogP contribution in [0.3, 0.4) is 0 Å². The standard InChI is InChI=1S/C21H26N4S/c1-17-14-20(25-12-6-3-7-13-25)11-10-19(17)15-23-24-21(22)26-16-18-8-4-2-5-9-18/h2,4-5,8-11,14-15H,3,6-7,12-13,16H2,1H3,(H2,22,24). The van der Waals surface area contributed by atoms with Crippen molar-refractivity contribution in [1.82, 2.24) is 0 Å². The third-order valence-corrected chi connectivity index (χ3v) is 5.41. The van der Waals surface area contributed by atoms with E-state index in [4.69, 9.17) is 5.73 Å². The van der Waals surface area contributed by atoms with Crippen LogP contribution in [0.1, 0.15) is 36.0 Å². The van der Waals surface area contributed by atoms with Gasteiger partial charge in [-0.05, 0) is 55.0 Å². The van der Waals surface area contributed by atoms with E-state index in [1.54, 1.807) is 6.21 Å². The number of thioether (sulfide) groups is 1. The molecule has 2 aromatic rings. The topological polar surface area (TPSA) is 54.0 Å². The second kappa shape index (κ2) is 9.43. The molecule has 2 N–H and O–H groups in total. The lowest BCUT2D eigenvalue weighted by atomic mass is 10.1. The van der Waals surface area contributed by atoms with Crippen LogP contribution in [0.15, 0.2) is 58.7 Å². The summed E-state index contributed by atoms with van der Waals surface area (Å²) in [7, 11) is 0. The maximum Gasteiger partial charge on any atom is 0.180 e. The van der Waals surface area contributed by atoms with Crippen LogP contribution in [0.5, 0.6) is 0 Å². The largest absolute Gasteiger partial charge is 0.377 e. The molecule has 0 aromatic heterocycles. The number of nitrogens with zero attached hydrogens (tertiary/aromatic N) is 3. The minimum Gasteiger partial charge on any atom is -0.377 e. The molecule has 4 nitrogen and oxygen atoms in total. The number of hydrogen-bond donors (Lipinski definition) is 1. The maximum atomic E-state index is 5.94. The molecule has 26 heavy (non-hydrogen) atoms. The molecular formula is C21H26N4S. The Kier molecular flexibility index (Phi) is 6.72. The van der Waals surface area contributed by atoms with Crippen molar-refractivity contribution >= 4 is 28.8 Å².